The molecule has 16 heavy (non-hydrogen) atoms. The first-order valence-corrected chi connectivity index (χ1v) is 6.19. The molecule has 1 amide bonds. The zero-order valence-corrected chi connectivity index (χ0v) is 10.3. The second-order valence-corrected chi connectivity index (χ2v) is 5.16. The molecule has 0 bridgehead atoms. The molecule has 0 saturated heterocycles. The molecule has 5 heteroatoms. The van der Waals surface area contributed by atoms with E-state index in [0.717, 1.165) is 0 Å². The summed E-state index contributed by atoms with van der Waals surface area (Å²) in [4.78, 5) is 26.1. The van der Waals surface area contributed by atoms with Crippen molar-refractivity contribution in [1.82, 2.24) is 10.3 Å². The number of pyridine rings is 1. The Morgan fingerprint density at radius 3 is 3.00 bits per heavy atom. The molecule has 1 heterocycles. The number of H-pyrrole nitrogens is 1. The van der Waals surface area contributed by atoms with Gasteiger partial charge in [0, 0.05) is 29.8 Å². The van der Waals surface area contributed by atoms with Gasteiger partial charge in [0.05, 0.1) is 0 Å². The van der Waals surface area contributed by atoms with Crippen LogP contribution in [0.25, 0.3) is 0 Å². The van der Waals surface area contributed by atoms with Gasteiger partial charge in [-0.3, -0.25) is 9.59 Å². The Bertz CT molecular complexity index is 440. The molecule has 0 aliphatic heterocycles. The van der Waals surface area contributed by atoms with Gasteiger partial charge in [-0.05, 0) is 18.8 Å². The highest BCUT2D eigenvalue weighted by atomic mass is 79.9. The highest BCUT2D eigenvalue weighted by Gasteiger charge is 2.29. The number of carbonyl (C=O) groups is 1. The van der Waals surface area contributed by atoms with Crippen LogP contribution < -0.4 is 10.7 Å². The minimum absolute atomic E-state index is 0.165. The first-order chi connectivity index (χ1) is 7.68. The first kappa shape index (κ1) is 11.4. The molecule has 1 saturated carbocycles. The van der Waals surface area contributed by atoms with E-state index in [1.165, 1.54) is 31.3 Å². The topological polar surface area (TPSA) is 62.0 Å². The maximum absolute atomic E-state index is 11.7. The van der Waals surface area contributed by atoms with Crippen molar-refractivity contribution in [2.75, 3.05) is 6.54 Å². The zero-order valence-electron chi connectivity index (χ0n) is 8.70. The van der Waals surface area contributed by atoms with E-state index in [4.69, 9.17) is 0 Å². The molecule has 86 valence electrons. The van der Waals surface area contributed by atoms with E-state index in [-0.39, 0.29) is 16.9 Å². The van der Waals surface area contributed by atoms with Crippen molar-refractivity contribution in [2.45, 2.75) is 17.7 Å². The average Bonchev–Trinajstić information content (AvgIpc) is 3.10. The molecule has 2 rings (SSSR count). The number of hydrogen-bond acceptors (Lipinski definition) is 2. The summed E-state index contributed by atoms with van der Waals surface area (Å²) in [6.45, 7) is 0.567. The molecule has 0 radical (unpaired) electrons. The fourth-order valence-corrected chi connectivity index (χ4v) is 2.19. The number of carbonyl (C=O) groups excluding carboxylic acids is 1. The number of alkyl halides is 1. The lowest BCUT2D eigenvalue weighted by Gasteiger charge is -2.09. The first-order valence-electron chi connectivity index (χ1n) is 5.28. The summed E-state index contributed by atoms with van der Waals surface area (Å²) in [6, 6.07) is 1.35. The molecule has 1 aliphatic rings. The highest BCUT2D eigenvalue weighted by molar-refractivity contribution is 9.09. The molecule has 0 spiro atoms. The molecule has 1 aromatic rings. The Kier molecular flexibility index (Phi) is 3.43. The summed E-state index contributed by atoms with van der Waals surface area (Å²) in [7, 11) is 0. The van der Waals surface area contributed by atoms with Crippen molar-refractivity contribution in [1.29, 1.82) is 0 Å². The summed E-state index contributed by atoms with van der Waals surface area (Å²) in [5.41, 5.74) is -0.0909. The van der Waals surface area contributed by atoms with E-state index < -0.39 is 0 Å². The molecule has 1 fully saturated rings. The van der Waals surface area contributed by atoms with Crippen molar-refractivity contribution in [3.05, 3.63) is 34.2 Å². The Hall–Kier alpha value is -1.10. The fourth-order valence-electron chi connectivity index (χ4n) is 1.50. The van der Waals surface area contributed by atoms with Crippen LogP contribution in [0.5, 0.6) is 0 Å². The van der Waals surface area contributed by atoms with Crippen molar-refractivity contribution in [2.24, 2.45) is 5.92 Å². The second-order valence-electron chi connectivity index (χ2n) is 3.99. The Balaban J connectivity index is 1.92. The number of aromatic nitrogens is 1. The largest absolute Gasteiger partial charge is 0.367 e. The van der Waals surface area contributed by atoms with Crippen LogP contribution in [0.2, 0.25) is 0 Å². The maximum atomic E-state index is 11.7. The van der Waals surface area contributed by atoms with Crippen LogP contribution in [0, 0.1) is 5.92 Å². The SMILES string of the molecule is O=C(NCC(Br)C1CC1)c1c[nH]ccc1=O. The molecule has 0 aromatic carbocycles. The van der Waals surface area contributed by atoms with Crippen LogP contribution in [0.1, 0.15) is 23.2 Å². The monoisotopic (exact) mass is 284 g/mol. The molecular formula is C11H13BrN2O2. The van der Waals surface area contributed by atoms with E-state index in [2.05, 4.69) is 26.2 Å². The van der Waals surface area contributed by atoms with E-state index in [1.54, 1.807) is 0 Å². The molecule has 1 unspecified atom stereocenters. The number of amides is 1. The third kappa shape index (κ3) is 2.72. The standard InChI is InChI=1S/C11H13BrN2O2/c12-9(7-1-2-7)6-14-11(16)8-5-13-4-3-10(8)15/h3-5,7,9H,1-2,6H2,(H,13,15)(H,14,16). The minimum Gasteiger partial charge on any atom is -0.367 e. The number of hydrogen-bond donors (Lipinski definition) is 2. The van der Waals surface area contributed by atoms with Gasteiger partial charge in [-0.15, -0.1) is 0 Å². The predicted molar refractivity (Wildman–Crippen MR) is 64.8 cm³/mol. The molecular weight excluding hydrogens is 272 g/mol. The van der Waals surface area contributed by atoms with Crippen LogP contribution in [0.3, 0.4) is 0 Å². The Labute approximate surface area is 102 Å². The molecule has 1 atom stereocenters. The lowest BCUT2D eigenvalue weighted by Crippen LogP contribution is -2.33. The van der Waals surface area contributed by atoms with Crippen LogP contribution >= 0.6 is 15.9 Å². The number of nitrogens with one attached hydrogen (secondary N) is 2. The molecule has 2 N–H and O–H groups in total. The second kappa shape index (κ2) is 4.82. The lowest BCUT2D eigenvalue weighted by atomic mass is 10.2. The van der Waals surface area contributed by atoms with Crippen molar-refractivity contribution in [3.8, 4) is 0 Å². The third-order valence-electron chi connectivity index (χ3n) is 2.66. The highest BCUT2D eigenvalue weighted by Crippen LogP contribution is 2.36. The van der Waals surface area contributed by atoms with Gasteiger partial charge < -0.3 is 10.3 Å². The lowest BCUT2D eigenvalue weighted by molar-refractivity contribution is 0.0952. The zero-order chi connectivity index (χ0) is 11.5. The number of aromatic amines is 1. The Morgan fingerprint density at radius 2 is 2.38 bits per heavy atom. The van der Waals surface area contributed by atoms with Crippen LogP contribution in [0.15, 0.2) is 23.3 Å². The minimum atomic E-state index is -0.313. The van der Waals surface area contributed by atoms with Gasteiger partial charge in [0.25, 0.3) is 5.91 Å². The van der Waals surface area contributed by atoms with Gasteiger partial charge in [-0.25, -0.2) is 0 Å². The molecule has 4 nitrogen and oxygen atoms in total. The molecule has 1 aliphatic carbocycles. The van der Waals surface area contributed by atoms with Gasteiger partial charge in [-0.1, -0.05) is 15.9 Å². The summed E-state index contributed by atoms with van der Waals surface area (Å²) in [5.74, 6) is 0.362. The summed E-state index contributed by atoms with van der Waals surface area (Å²) < 4.78 is 0. The quantitative estimate of drug-likeness (QED) is 0.819. The van der Waals surface area contributed by atoms with Gasteiger partial charge in [0.1, 0.15) is 5.56 Å². The van der Waals surface area contributed by atoms with E-state index in [1.807, 2.05) is 0 Å². The van der Waals surface area contributed by atoms with Crippen molar-refractivity contribution >= 4 is 21.8 Å². The average molecular weight is 285 g/mol. The normalized spacial score (nSPS) is 16.8. The van der Waals surface area contributed by atoms with Crippen molar-refractivity contribution < 1.29 is 4.79 Å². The van der Waals surface area contributed by atoms with Gasteiger partial charge in [-0.2, -0.15) is 0 Å². The summed E-state index contributed by atoms with van der Waals surface area (Å²) in [5, 5.41) is 2.76. The maximum Gasteiger partial charge on any atom is 0.256 e. The van der Waals surface area contributed by atoms with Crippen LogP contribution in [0.4, 0.5) is 0 Å². The van der Waals surface area contributed by atoms with Gasteiger partial charge in [0.2, 0.25) is 0 Å². The van der Waals surface area contributed by atoms with Crippen LogP contribution in [-0.2, 0) is 0 Å². The van der Waals surface area contributed by atoms with E-state index in [9.17, 15) is 9.59 Å². The van der Waals surface area contributed by atoms with Gasteiger partial charge in [0.15, 0.2) is 5.43 Å². The van der Waals surface area contributed by atoms with Gasteiger partial charge >= 0.3 is 0 Å². The Morgan fingerprint density at radius 1 is 1.62 bits per heavy atom. The third-order valence-corrected chi connectivity index (χ3v) is 3.73. The number of rotatable bonds is 4. The smallest absolute Gasteiger partial charge is 0.256 e. The van der Waals surface area contributed by atoms with Crippen LogP contribution in [-0.4, -0.2) is 22.3 Å². The molecule has 1 aromatic heterocycles. The number of halogens is 1. The summed E-state index contributed by atoms with van der Waals surface area (Å²) in [6.07, 6.45) is 5.38. The van der Waals surface area contributed by atoms with E-state index in [0.29, 0.717) is 17.3 Å². The van der Waals surface area contributed by atoms with E-state index >= 15 is 0 Å². The summed E-state index contributed by atoms with van der Waals surface area (Å²) >= 11 is 3.52. The predicted octanol–water partition coefficient (Wildman–Crippen LogP) is 1.28. The fraction of sp³-hybridized carbons (Fsp3) is 0.455. The van der Waals surface area contributed by atoms with Crippen molar-refractivity contribution in [3.63, 3.8) is 0 Å².